The lowest BCUT2D eigenvalue weighted by atomic mass is 10.2. The smallest absolute Gasteiger partial charge is 0.239 e. The number of thiazole rings is 1. The number of nitrogen functional groups attached to an aromatic ring is 1. The molecule has 0 spiro atoms. The Bertz CT molecular complexity index is 944. The van der Waals surface area contributed by atoms with Gasteiger partial charge >= 0.3 is 0 Å². The van der Waals surface area contributed by atoms with Crippen LogP contribution in [0.2, 0.25) is 10.0 Å². The lowest BCUT2D eigenvalue weighted by molar-refractivity contribution is -0.115. The lowest BCUT2D eigenvalue weighted by Crippen LogP contribution is -2.24. The summed E-state index contributed by atoms with van der Waals surface area (Å²) in [6.45, 7) is 1.98. The molecule has 140 valence electrons. The molecule has 0 saturated carbocycles. The maximum absolute atomic E-state index is 12.6. The van der Waals surface area contributed by atoms with E-state index in [2.05, 4.69) is 10.3 Å². The van der Waals surface area contributed by atoms with Crippen molar-refractivity contribution in [2.75, 3.05) is 11.1 Å². The van der Waals surface area contributed by atoms with Crippen molar-refractivity contribution in [2.45, 2.75) is 23.5 Å². The first-order valence-corrected chi connectivity index (χ1v) is 10.7. The zero-order valence-corrected chi connectivity index (χ0v) is 17.6. The van der Waals surface area contributed by atoms with E-state index >= 15 is 0 Å². The Morgan fingerprint density at radius 1 is 1.22 bits per heavy atom. The lowest BCUT2D eigenvalue weighted by Gasteiger charge is -2.13. The minimum Gasteiger partial charge on any atom is -0.399 e. The van der Waals surface area contributed by atoms with Gasteiger partial charge in [0.1, 0.15) is 0 Å². The first-order valence-electron chi connectivity index (χ1n) is 8.20. The molecule has 27 heavy (non-hydrogen) atoms. The van der Waals surface area contributed by atoms with Crippen molar-refractivity contribution in [1.29, 1.82) is 0 Å². The average molecular weight is 438 g/mol. The highest BCUT2D eigenvalue weighted by Gasteiger charge is 2.19. The third kappa shape index (κ3) is 5.17. The molecule has 0 aliphatic carbocycles. The van der Waals surface area contributed by atoms with Crippen LogP contribution in [-0.2, 0) is 4.79 Å². The largest absolute Gasteiger partial charge is 0.399 e. The Kier molecular flexibility index (Phi) is 6.65. The summed E-state index contributed by atoms with van der Waals surface area (Å²) in [4.78, 5) is 18.1. The zero-order chi connectivity index (χ0) is 19.4. The quantitative estimate of drug-likeness (QED) is 0.355. The van der Waals surface area contributed by atoms with E-state index in [9.17, 15) is 4.79 Å². The van der Waals surface area contributed by atoms with Gasteiger partial charge in [-0.1, -0.05) is 36.2 Å². The van der Waals surface area contributed by atoms with Gasteiger partial charge in [-0.05, 0) is 42.8 Å². The van der Waals surface area contributed by atoms with Crippen molar-refractivity contribution in [3.8, 4) is 11.3 Å². The van der Waals surface area contributed by atoms with Crippen LogP contribution in [-0.4, -0.2) is 16.1 Å². The molecule has 2 aromatic carbocycles. The molecule has 0 bridgehead atoms. The topological polar surface area (TPSA) is 68.0 Å². The Morgan fingerprint density at radius 2 is 1.96 bits per heavy atom. The van der Waals surface area contributed by atoms with Gasteiger partial charge in [0.2, 0.25) is 5.91 Å². The number of thioether (sulfide) groups is 1. The minimum atomic E-state index is -0.217. The SMILES string of the molecule is CCC(Sc1ccc(N)cc1)C(=O)Nc1nc(-c2ccc(Cl)c(Cl)c2)cs1. The second-order valence-electron chi connectivity index (χ2n) is 5.74. The number of nitrogens with one attached hydrogen (secondary N) is 1. The van der Waals surface area contributed by atoms with E-state index in [1.807, 2.05) is 42.6 Å². The summed E-state index contributed by atoms with van der Waals surface area (Å²) in [6.07, 6.45) is 0.700. The van der Waals surface area contributed by atoms with E-state index < -0.39 is 0 Å². The Labute approximate surface area is 176 Å². The number of carbonyl (C=O) groups excluding carboxylic acids is 1. The fourth-order valence-electron chi connectivity index (χ4n) is 2.34. The molecule has 3 rings (SSSR count). The van der Waals surface area contributed by atoms with E-state index in [4.69, 9.17) is 28.9 Å². The predicted molar refractivity (Wildman–Crippen MR) is 117 cm³/mol. The van der Waals surface area contributed by atoms with Crippen molar-refractivity contribution < 1.29 is 4.79 Å². The number of halogens is 2. The maximum Gasteiger partial charge on any atom is 0.239 e. The van der Waals surface area contributed by atoms with Crippen LogP contribution in [0.3, 0.4) is 0 Å². The van der Waals surface area contributed by atoms with Crippen LogP contribution in [0.5, 0.6) is 0 Å². The van der Waals surface area contributed by atoms with Crippen LogP contribution in [0.4, 0.5) is 10.8 Å². The van der Waals surface area contributed by atoms with Gasteiger partial charge in [0.05, 0.1) is 21.0 Å². The van der Waals surface area contributed by atoms with Gasteiger partial charge in [-0.3, -0.25) is 4.79 Å². The molecular formula is C19H17Cl2N3OS2. The van der Waals surface area contributed by atoms with Gasteiger partial charge in [-0.15, -0.1) is 23.1 Å². The van der Waals surface area contributed by atoms with Crippen molar-refractivity contribution in [3.63, 3.8) is 0 Å². The van der Waals surface area contributed by atoms with Gasteiger partial charge in [-0.2, -0.15) is 0 Å². The van der Waals surface area contributed by atoms with Crippen LogP contribution in [0.1, 0.15) is 13.3 Å². The molecule has 1 aromatic heterocycles. The van der Waals surface area contributed by atoms with Crippen LogP contribution in [0.15, 0.2) is 52.7 Å². The molecule has 1 unspecified atom stereocenters. The second kappa shape index (κ2) is 8.97. The number of amides is 1. The fraction of sp³-hybridized carbons (Fsp3) is 0.158. The molecule has 0 radical (unpaired) electrons. The van der Waals surface area contributed by atoms with Crippen LogP contribution in [0.25, 0.3) is 11.3 Å². The Balaban J connectivity index is 1.68. The summed E-state index contributed by atoms with van der Waals surface area (Å²) in [5.41, 5.74) is 8.01. The van der Waals surface area contributed by atoms with Crippen molar-refractivity contribution in [2.24, 2.45) is 0 Å². The van der Waals surface area contributed by atoms with Crippen LogP contribution < -0.4 is 11.1 Å². The number of hydrogen-bond acceptors (Lipinski definition) is 5. The zero-order valence-electron chi connectivity index (χ0n) is 14.4. The number of nitrogens with two attached hydrogens (primary N) is 1. The van der Waals surface area contributed by atoms with Crippen LogP contribution >= 0.6 is 46.3 Å². The molecular weight excluding hydrogens is 421 g/mol. The monoisotopic (exact) mass is 437 g/mol. The molecule has 1 atom stereocenters. The number of aromatic nitrogens is 1. The van der Waals surface area contributed by atoms with Gasteiger partial charge in [0.25, 0.3) is 0 Å². The number of anilines is 2. The standard InChI is InChI=1S/C19H17Cl2N3OS2/c1-2-17(27-13-6-4-12(22)5-7-13)18(25)24-19-23-16(10-26-19)11-3-8-14(20)15(21)9-11/h3-10,17H,2,22H2,1H3,(H,23,24,25). The first-order chi connectivity index (χ1) is 13.0. The molecule has 1 heterocycles. The van der Waals surface area contributed by atoms with E-state index in [-0.39, 0.29) is 11.2 Å². The Hall–Kier alpha value is -1.73. The van der Waals surface area contributed by atoms with Crippen molar-refractivity contribution in [3.05, 3.63) is 57.9 Å². The fourth-order valence-corrected chi connectivity index (χ4v) is 4.31. The molecule has 0 aliphatic heterocycles. The third-order valence-corrected chi connectivity index (χ3v) is 6.64. The normalized spacial score (nSPS) is 12.0. The summed E-state index contributed by atoms with van der Waals surface area (Å²) in [5.74, 6) is -0.0747. The molecule has 0 aliphatic rings. The van der Waals surface area contributed by atoms with Crippen LogP contribution in [0, 0.1) is 0 Å². The van der Waals surface area contributed by atoms with E-state index in [0.29, 0.717) is 27.3 Å². The van der Waals surface area contributed by atoms with Crippen molar-refractivity contribution >= 4 is 63.0 Å². The highest BCUT2D eigenvalue weighted by molar-refractivity contribution is 8.00. The van der Waals surface area contributed by atoms with E-state index in [1.165, 1.54) is 23.1 Å². The van der Waals surface area contributed by atoms with Gasteiger partial charge in [0.15, 0.2) is 5.13 Å². The minimum absolute atomic E-state index is 0.0747. The second-order valence-corrected chi connectivity index (χ2v) is 8.69. The number of rotatable bonds is 6. The van der Waals surface area contributed by atoms with E-state index in [0.717, 1.165) is 16.2 Å². The first kappa shape index (κ1) is 20.0. The molecule has 4 nitrogen and oxygen atoms in total. The average Bonchev–Trinajstić information content (AvgIpc) is 3.11. The number of carbonyl (C=O) groups is 1. The molecule has 3 N–H and O–H groups in total. The van der Waals surface area contributed by atoms with Crippen molar-refractivity contribution in [1.82, 2.24) is 4.98 Å². The molecule has 0 saturated heterocycles. The number of nitrogens with zero attached hydrogens (tertiary/aromatic N) is 1. The summed E-state index contributed by atoms with van der Waals surface area (Å²) >= 11 is 14.9. The van der Waals surface area contributed by atoms with Gasteiger partial charge in [-0.25, -0.2) is 4.98 Å². The highest BCUT2D eigenvalue weighted by atomic mass is 35.5. The number of benzene rings is 2. The summed E-state index contributed by atoms with van der Waals surface area (Å²) < 4.78 is 0. The maximum atomic E-state index is 12.6. The van der Waals surface area contributed by atoms with Gasteiger partial charge < -0.3 is 11.1 Å². The van der Waals surface area contributed by atoms with E-state index in [1.54, 1.807) is 12.1 Å². The molecule has 0 fully saturated rings. The highest BCUT2D eigenvalue weighted by Crippen LogP contribution is 2.31. The summed E-state index contributed by atoms with van der Waals surface area (Å²) in [6, 6.07) is 12.8. The summed E-state index contributed by atoms with van der Waals surface area (Å²) in [5, 5.41) is 6.09. The van der Waals surface area contributed by atoms with Gasteiger partial charge in [0, 0.05) is 21.5 Å². The molecule has 3 aromatic rings. The Morgan fingerprint density at radius 3 is 2.63 bits per heavy atom. The predicted octanol–water partition coefficient (Wildman–Crippen LogP) is 6.21. The summed E-state index contributed by atoms with van der Waals surface area (Å²) in [7, 11) is 0. The molecule has 8 heteroatoms. The third-order valence-electron chi connectivity index (χ3n) is 3.77. The molecule has 1 amide bonds. The number of hydrogen-bond donors (Lipinski definition) is 2.